The van der Waals surface area contributed by atoms with Gasteiger partial charge in [0.15, 0.2) is 0 Å². The first-order valence-corrected chi connectivity index (χ1v) is 10.5. The molecule has 1 aliphatic rings. The van der Waals surface area contributed by atoms with E-state index in [1.54, 1.807) is 0 Å². The van der Waals surface area contributed by atoms with Crippen molar-refractivity contribution in [2.75, 3.05) is 19.6 Å². The maximum Gasteiger partial charge on any atom is 0.0817 e. The highest BCUT2D eigenvalue weighted by Crippen LogP contribution is 2.12. The van der Waals surface area contributed by atoms with Gasteiger partial charge in [-0.2, -0.15) is 0 Å². The molecule has 138 valence electrons. The molecule has 2 atom stereocenters. The average molecular weight is 327 g/mol. The Labute approximate surface area is 145 Å². The van der Waals surface area contributed by atoms with Crippen LogP contribution in [0.3, 0.4) is 0 Å². The van der Waals surface area contributed by atoms with Crippen molar-refractivity contribution in [3.8, 4) is 0 Å². The van der Waals surface area contributed by atoms with E-state index in [1.165, 1.54) is 83.5 Å². The lowest BCUT2D eigenvalue weighted by atomic mass is 10.0. The third kappa shape index (κ3) is 12.0. The van der Waals surface area contributed by atoms with E-state index in [-0.39, 0.29) is 6.10 Å². The molecule has 2 unspecified atom stereocenters. The molecule has 0 aromatic rings. The molecule has 23 heavy (non-hydrogen) atoms. The summed E-state index contributed by atoms with van der Waals surface area (Å²) in [7, 11) is 0. The highest BCUT2D eigenvalue weighted by Gasteiger charge is 2.21. The van der Waals surface area contributed by atoms with Gasteiger partial charge in [0.05, 0.1) is 6.10 Å². The molecule has 0 aromatic carbocycles. The van der Waals surface area contributed by atoms with E-state index in [0.29, 0.717) is 6.04 Å². The van der Waals surface area contributed by atoms with Crippen LogP contribution in [0.25, 0.3) is 0 Å². The van der Waals surface area contributed by atoms with E-state index in [1.807, 2.05) is 0 Å². The van der Waals surface area contributed by atoms with Gasteiger partial charge in [0.2, 0.25) is 0 Å². The van der Waals surface area contributed by atoms with Crippen LogP contribution in [0.2, 0.25) is 0 Å². The predicted octanol–water partition coefficient (Wildman–Crippen LogP) is 4.39. The summed E-state index contributed by atoms with van der Waals surface area (Å²) in [5, 5.41) is 16.6. The van der Waals surface area contributed by atoms with Crippen molar-refractivity contribution < 1.29 is 5.11 Å². The van der Waals surface area contributed by atoms with Crippen LogP contribution in [0.15, 0.2) is 0 Å². The van der Waals surface area contributed by atoms with Crippen molar-refractivity contribution in [3.05, 3.63) is 0 Å². The number of aliphatic hydroxyl groups is 1. The molecule has 0 saturated carbocycles. The van der Waals surface area contributed by atoms with Crippen molar-refractivity contribution in [2.45, 2.75) is 109 Å². The SMILES string of the molecule is CCCCCCCCCCCCCCCNC1CCNCC1O. The first-order chi connectivity index (χ1) is 11.3. The second-order valence-electron chi connectivity index (χ2n) is 7.36. The Morgan fingerprint density at radius 3 is 1.87 bits per heavy atom. The predicted molar refractivity (Wildman–Crippen MR) is 101 cm³/mol. The molecule has 0 bridgehead atoms. The Morgan fingerprint density at radius 2 is 1.35 bits per heavy atom. The van der Waals surface area contributed by atoms with Gasteiger partial charge in [0.1, 0.15) is 0 Å². The number of nitrogens with one attached hydrogen (secondary N) is 2. The van der Waals surface area contributed by atoms with Gasteiger partial charge >= 0.3 is 0 Å². The molecule has 1 aliphatic heterocycles. The van der Waals surface area contributed by atoms with Gasteiger partial charge in [-0.3, -0.25) is 0 Å². The van der Waals surface area contributed by atoms with Crippen LogP contribution in [0.4, 0.5) is 0 Å². The fourth-order valence-electron chi connectivity index (χ4n) is 3.51. The standard InChI is InChI=1S/C20H42N2O/c1-2-3-4-5-6-7-8-9-10-11-12-13-14-16-22-19-15-17-21-18-20(19)23/h19-23H,2-18H2,1H3. The highest BCUT2D eigenvalue weighted by atomic mass is 16.3. The van der Waals surface area contributed by atoms with Crippen molar-refractivity contribution in [1.29, 1.82) is 0 Å². The van der Waals surface area contributed by atoms with Crippen molar-refractivity contribution >= 4 is 0 Å². The summed E-state index contributed by atoms with van der Waals surface area (Å²) in [6.07, 6.45) is 19.1. The summed E-state index contributed by atoms with van der Waals surface area (Å²) in [5.74, 6) is 0. The van der Waals surface area contributed by atoms with Crippen molar-refractivity contribution in [3.63, 3.8) is 0 Å². The van der Waals surface area contributed by atoms with Crippen LogP contribution in [0.5, 0.6) is 0 Å². The number of β-amino-alcohol motifs (C(OH)–C–C–N with tert-alkyl or cyclic N) is 1. The van der Waals surface area contributed by atoms with Gasteiger partial charge in [-0.15, -0.1) is 0 Å². The molecule has 1 heterocycles. The first-order valence-electron chi connectivity index (χ1n) is 10.5. The summed E-state index contributed by atoms with van der Waals surface area (Å²) in [4.78, 5) is 0. The highest BCUT2D eigenvalue weighted by molar-refractivity contribution is 4.82. The normalized spacial score (nSPS) is 21.7. The van der Waals surface area contributed by atoms with Gasteiger partial charge in [0, 0.05) is 12.6 Å². The molecule has 1 rings (SSSR count). The van der Waals surface area contributed by atoms with Crippen LogP contribution < -0.4 is 10.6 Å². The fraction of sp³-hybridized carbons (Fsp3) is 1.00. The molecule has 1 saturated heterocycles. The van der Waals surface area contributed by atoms with E-state index < -0.39 is 0 Å². The van der Waals surface area contributed by atoms with Crippen molar-refractivity contribution in [2.24, 2.45) is 0 Å². The minimum Gasteiger partial charge on any atom is -0.390 e. The zero-order valence-electron chi connectivity index (χ0n) is 15.6. The second-order valence-corrected chi connectivity index (χ2v) is 7.36. The monoisotopic (exact) mass is 326 g/mol. The Hall–Kier alpha value is -0.120. The Bertz CT molecular complexity index is 248. The third-order valence-electron chi connectivity index (χ3n) is 5.14. The van der Waals surface area contributed by atoms with Crippen molar-refractivity contribution in [1.82, 2.24) is 10.6 Å². The van der Waals surface area contributed by atoms with E-state index in [9.17, 15) is 5.11 Å². The number of aliphatic hydroxyl groups excluding tert-OH is 1. The maximum atomic E-state index is 9.85. The molecule has 3 heteroatoms. The number of piperidine rings is 1. The molecule has 0 aliphatic carbocycles. The summed E-state index contributed by atoms with van der Waals surface area (Å²) in [6.45, 7) is 5.13. The second kappa shape index (κ2) is 15.4. The lowest BCUT2D eigenvalue weighted by Gasteiger charge is -2.29. The third-order valence-corrected chi connectivity index (χ3v) is 5.14. The molecule has 0 radical (unpaired) electrons. The number of hydrogen-bond acceptors (Lipinski definition) is 3. The van der Waals surface area contributed by atoms with Crippen LogP contribution >= 0.6 is 0 Å². The smallest absolute Gasteiger partial charge is 0.0817 e. The molecule has 1 fully saturated rings. The molecule has 3 N–H and O–H groups in total. The lowest BCUT2D eigenvalue weighted by molar-refractivity contribution is 0.103. The van der Waals surface area contributed by atoms with E-state index in [0.717, 1.165) is 26.1 Å². The minimum atomic E-state index is -0.203. The van der Waals surface area contributed by atoms with Gasteiger partial charge in [-0.25, -0.2) is 0 Å². The van der Waals surface area contributed by atoms with Crippen LogP contribution in [-0.2, 0) is 0 Å². The Kier molecular flexibility index (Phi) is 14.0. The molecule has 0 aromatic heterocycles. The minimum absolute atomic E-state index is 0.203. The number of rotatable bonds is 15. The molecule has 0 amide bonds. The Balaban J connectivity index is 1.73. The first kappa shape index (κ1) is 20.9. The molecular formula is C20H42N2O. The van der Waals surface area contributed by atoms with Crippen LogP contribution in [-0.4, -0.2) is 36.9 Å². The topological polar surface area (TPSA) is 44.3 Å². The molecular weight excluding hydrogens is 284 g/mol. The number of hydrogen-bond donors (Lipinski definition) is 3. The quantitative estimate of drug-likeness (QED) is 0.391. The zero-order valence-corrected chi connectivity index (χ0v) is 15.6. The van der Waals surface area contributed by atoms with Gasteiger partial charge in [-0.05, 0) is 25.9 Å². The van der Waals surface area contributed by atoms with Crippen LogP contribution in [0, 0.1) is 0 Å². The summed E-state index contributed by atoms with van der Waals surface area (Å²) in [6, 6.07) is 0.313. The van der Waals surface area contributed by atoms with E-state index in [4.69, 9.17) is 0 Å². The average Bonchev–Trinajstić information content (AvgIpc) is 2.57. The Morgan fingerprint density at radius 1 is 0.826 bits per heavy atom. The number of unbranched alkanes of at least 4 members (excludes halogenated alkanes) is 12. The summed E-state index contributed by atoms with van der Waals surface area (Å²) < 4.78 is 0. The van der Waals surface area contributed by atoms with Gasteiger partial charge in [0.25, 0.3) is 0 Å². The lowest BCUT2D eigenvalue weighted by Crippen LogP contribution is -2.51. The largest absolute Gasteiger partial charge is 0.390 e. The van der Waals surface area contributed by atoms with Gasteiger partial charge < -0.3 is 15.7 Å². The molecule has 3 nitrogen and oxygen atoms in total. The summed E-state index contributed by atoms with van der Waals surface area (Å²) in [5.41, 5.74) is 0. The summed E-state index contributed by atoms with van der Waals surface area (Å²) >= 11 is 0. The maximum absolute atomic E-state index is 9.85. The fourth-order valence-corrected chi connectivity index (χ4v) is 3.51. The van der Waals surface area contributed by atoms with E-state index in [2.05, 4.69) is 17.6 Å². The molecule has 0 spiro atoms. The van der Waals surface area contributed by atoms with Crippen LogP contribution in [0.1, 0.15) is 96.8 Å². The van der Waals surface area contributed by atoms with E-state index >= 15 is 0 Å². The zero-order chi connectivity index (χ0) is 16.6. The van der Waals surface area contributed by atoms with Gasteiger partial charge in [-0.1, -0.05) is 84.0 Å².